The lowest BCUT2D eigenvalue weighted by Crippen LogP contribution is -2.24. The number of halogens is 1. The van der Waals surface area contributed by atoms with Gasteiger partial charge in [0, 0.05) is 36.3 Å². The predicted octanol–water partition coefficient (Wildman–Crippen LogP) is 5.27. The molecule has 1 aliphatic rings. The number of anilines is 1. The van der Waals surface area contributed by atoms with E-state index in [9.17, 15) is 9.90 Å². The highest BCUT2D eigenvalue weighted by molar-refractivity contribution is 6.15. The van der Waals surface area contributed by atoms with Crippen molar-refractivity contribution in [2.24, 2.45) is 0 Å². The Balaban J connectivity index is 0.00000280. The minimum Gasteiger partial charge on any atom is -0.504 e. The van der Waals surface area contributed by atoms with Crippen LogP contribution in [-0.4, -0.2) is 31.1 Å². The van der Waals surface area contributed by atoms with Crippen molar-refractivity contribution in [1.82, 2.24) is 0 Å². The van der Waals surface area contributed by atoms with Crippen molar-refractivity contribution >= 4 is 30.0 Å². The topological polar surface area (TPSA) is 49.8 Å². The number of phenolic OH excluding ortho intramolecular Hbond substituents is 1. The van der Waals surface area contributed by atoms with Crippen LogP contribution >= 0.6 is 12.4 Å². The number of carbonyl (C=O) groups excluding carboxylic acids is 1. The summed E-state index contributed by atoms with van der Waals surface area (Å²) in [7, 11) is 1.51. The van der Waals surface area contributed by atoms with Crippen LogP contribution in [0.2, 0.25) is 0 Å². The maximum atomic E-state index is 12.7. The fourth-order valence-electron chi connectivity index (χ4n) is 3.60. The molecule has 0 radical (unpaired) electrons. The van der Waals surface area contributed by atoms with E-state index in [0.29, 0.717) is 17.7 Å². The van der Waals surface area contributed by atoms with Gasteiger partial charge in [-0.1, -0.05) is 26.0 Å². The second-order valence-corrected chi connectivity index (χ2v) is 6.94. The molecule has 0 fully saturated rings. The average Bonchev–Trinajstić information content (AvgIpc) is 2.96. The molecule has 4 nitrogen and oxygen atoms in total. The van der Waals surface area contributed by atoms with Gasteiger partial charge in [-0.25, -0.2) is 0 Å². The van der Waals surface area contributed by atoms with E-state index in [4.69, 9.17) is 4.74 Å². The number of allylic oxidation sites excluding steroid dienone is 1. The van der Waals surface area contributed by atoms with Crippen molar-refractivity contribution in [2.75, 3.05) is 25.1 Å². The fourth-order valence-corrected chi connectivity index (χ4v) is 3.60. The van der Waals surface area contributed by atoms with E-state index in [1.165, 1.54) is 18.9 Å². The highest BCUT2D eigenvalue weighted by Crippen LogP contribution is 2.36. The summed E-state index contributed by atoms with van der Waals surface area (Å²) in [6, 6.07) is 11.6. The molecule has 2 aromatic carbocycles. The SMILES string of the molecule is CCCN(CCC)c1ccc(/C=C2\Cc3cc(OC)c(O)cc3C2=O)cc1.Cl. The average molecular weight is 402 g/mol. The van der Waals surface area contributed by atoms with Crippen LogP contribution < -0.4 is 9.64 Å². The van der Waals surface area contributed by atoms with Crippen LogP contribution in [0.4, 0.5) is 5.69 Å². The standard InChI is InChI=1S/C23H27NO3.ClH/c1-4-10-24(11-5-2)19-8-6-16(7-9-19)12-18-13-17-14-22(27-3)21(25)15-20(17)23(18)26;/h6-9,12,14-15,25H,4-5,10-11,13H2,1-3H3;1H/b18-12+;. The molecular weight excluding hydrogens is 374 g/mol. The Bertz CT molecular complexity index is 853. The number of aromatic hydroxyl groups is 1. The van der Waals surface area contributed by atoms with Gasteiger partial charge >= 0.3 is 0 Å². The van der Waals surface area contributed by atoms with E-state index >= 15 is 0 Å². The second kappa shape index (κ2) is 9.65. The minimum absolute atomic E-state index is 0. The molecule has 0 amide bonds. The number of benzene rings is 2. The molecule has 1 aliphatic carbocycles. The second-order valence-electron chi connectivity index (χ2n) is 6.94. The van der Waals surface area contributed by atoms with Crippen molar-refractivity contribution in [1.29, 1.82) is 0 Å². The molecule has 5 heteroatoms. The first kappa shape index (κ1) is 21.8. The van der Waals surface area contributed by atoms with Crippen molar-refractivity contribution < 1.29 is 14.6 Å². The molecule has 2 aromatic rings. The summed E-state index contributed by atoms with van der Waals surface area (Å²) in [4.78, 5) is 15.1. The molecule has 0 aliphatic heterocycles. The summed E-state index contributed by atoms with van der Waals surface area (Å²) < 4.78 is 5.15. The summed E-state index contributed by atoms with van der Waals surface area (Å²) in [5, 5.41) is 9.94. The van der Waals surface area contributed by atoms with Gasteiger partial charge in [-0.3, -0.25) is 4.79 Å². The third-order valence-electron chi connectivity index (χ3n) is 4.91. The third kappa shape index (κ3) is 4.50. The normalized spacial score (nSPS) is 14.0. The molecule has 0 atom stereocenters. The number of Topliss-reactive ketones (excluding diaryl/α,β-unsaturated/α-hetero) is 1. The summed E-state index contributed by atoms with van der Waals surface area (Å²) in [6.45, 7) is 6.48. The first-order chi connectivity index (χ1) is 13.1. The third-order valence-corrected chi connectivity index (χ3v) is 4.91. The van der Waals surface area contributed by atoms with E-state index < -0.39 is 0 Å². The van der Waals surface area contributed by atoms with Crippen molar-refractivity contribution in [3.8, 4) is 11.5 Å². The molecule has 0 bridgehead atoms. The van der Waals surface area contributed by atoms with Crippen LogP contribution in [0.15, 0.2) is 42.0 Å². The van der Waals surface area contributed by atoms with Crippen LogP contribution in [0.5, 0.6) is 11.5 Å². The highest BCUT2D eigenvalue weighted by atomic mass is 35.5. The Kier molecular flexibility index (Phi) is 7.53. The van der Waals surface area contributed by atoms with Gasteiger partial charge in [0.2, 0.25) is 0 Å². The van der Waals surface area contributed by atoms with Gasteiger partial charge in [0.05, 0.1) is 7.11 Å². The van der Waals surface area contributed by atoms with Crippen LogP contribution in [0.25, 0.3) is 6.08 Å². The predicted molar refractivity (Wildman–Crippen MR) is 117 cm³/mol. The molecule has 0 unspecified atom stereocenters. The van der Waals surface area contributed by atoms with E-state index in [2.05, 4.69) is 43.0 Å². The van der Waals surface area contributed by atoms with Crippen molar-refractivity contribution in [3.63, 3.8) is 0 Å². The molecule has 3 rings (SSSR count). The number of ether oxygens (including phenoxy) is 1. The number of fused-ring (bicyclic) bond motifs is 1. The quantitative estimate of drug-likeness (QED) is 0.642. The Morgan fingerprint density at radius 2 is 1.75 bits per heavy atom. The monoisotopic (exact) mass is 401 g/mol. The molecule has 0 heterocycles. The maximum absolute atomic E-state index is 12.7. The van der Waals surface area contributed by atoms with Gasteiger partial charge in [-0.2, -0.15) is 0 Å². The number of hydrogen-bond acceptors (Lipinski definition) is 4. The van der Waals surface area contributed by atoms with Crippen LogP contribution in [0.3, 0.4) is 0 Å². The highest BCUT2D eigenvalue weighted by Gasteiger charge is 2.26. The first-order valence-corrected chi connectivity index (χ1v) is 9.57. The number of ketones is 1. The van der Waals surface area contributed by atoms with E-state index in [-0.39, 0.29) is 23.9 Å². The van der Waals surface area contributed by atoms with Gasteiger partial charge in [0.25, 0.3) is 0 Å². The molecule has 0 spiro atoms. The fraction of sp³-hybridized carbons (Fsp3) is 0.348. The lowest BCUT2D eigenvalue weighted by Gasteiger charge is -2.23. The number of rotatable bonds is 7. The zero-order chi connectivity index (χ0) is 19.4. The van der Waals surface area contributed by atoms with Crippen molar-refractivity contribution in [2.45, 2.75) is 33.1 Å². The summed E-state index contributed by atoms with van der Waals surface area (Å²) in [6.07, 6.45) is 4.74. The zero-order valence-corrected chi connectivity index (χ0v) is 17.5. The zero-order valence-electron chi connectivity index (χ0n) is 16.7. The van der Waals surface area contributed by atoms with Gasteiger partial charge < -0.3 is 14.7 Å². The van der Waals surface area contributed by atoms with Crippen LogP contribution in [0, 0.1) is 0 Å². The summed E-state index contributed by atoms with van der Waals surface area (Å²) in [5.74, 6) is 0.381. The molecule has 0 saturated heterocycles. The van der Waals surface area contributed by atoms with Gasteiger partial charge in [-0.05, 0) is 54.3 Å². The molecule has 150 valence electrons. The van der Waals surface area contributed by atoms with E-state index in [0.717, 1.165) is 42.6 Å². The van der Waals surface area contributed by atoms with Gasteiger partial charge in [-0.15, -0.1) is 12.4 Å². The molecule has 28 heavy (non-hydrogen) atoms. The molecule has 0 saturated carbocycles. The molecule has 1 N–H and O–H groups in total. The molecular formula is C23H28ClNO3. The lowest BCUT2D eigenvalue weighted by molar-refractivity contribution is 0.104. The van der Waals surface area contributed by atoms with Gasteiger partial charge in [0.15, 0.2) is 17.3 Å². The Morgan fingerprint density at radius 1 is 1.11 bits per heavy atom. The number of phenols is 1. The molecule has 0 aromatic heterocycles. The number of carbonyl (C=O) groups is 1. The summed E-state index contributed by atoms with van der Waals surface area (Å²) >= 11 is 0. The first-order valence-electron chi connectivity index (χ1n) is 9.57. The number of nitrogens with zero attached hydrogens (tertiary/aromatic N) is 1. The van der Waals surface area contributed by atoms with E-state index in [1.54, 1.807) is 6.07 Å². The minimum atomic E-state index is -0.0226. The van der Waals surface area contributed by atoms with E-state index in [1.807, 2.05) is 6.08 Å². The Labute approximate surface area is 173 Å². The van der Waals surface area contributed by atoms with Crippen LogP contribution in [0.1, 0.15) is 48.2 Å². The number of hydrogen-bond donors (Lipinski definition) is 1. The van der Waals surface area contributed by atoms with Crippen LogP contribution in [-0.2, 0) is 6.42 Å². The van der Waals surface area contributed by atoms with Crippen molar-refractivity contribution in [3.05, 3.63) is 58.7 Å². The smallest absolute Gasteiger partial charge is 0.189 e. The number of methoxy groups -OCH3 is 1. The lowest BCUT2D eigenvalue weighted by atomic mass is 10.1. The maximum Gasteiger partial charge on any atom is 0.189 e. The Morgan fingerprint density at radius 3 is 2.32 bits per heavy atom. The van der Waals surface area contributed by atoms with Gasteiger partial charge in [0.1, 0.15) is 0 Å². The summed E-state index contributed by atoms with van der Waals surface area (Å²) in [5.41, 5.74) is 4.43. The Hall–Kier alpha value is -2.46. The largest absolute Gasteiger partial charge is 0.504 e.